The molecular weight excluding hydrogens is 228 g/mol. The highest BCUT2D eigenvalue weighted by atomic mass is 14.0. The third kappa shape index (κ3) is 17.5. The van der Waals surface area contributed by atoms with Crippen molar-refractivity contribution in [3.63, 3.8) is 0 Å². The first-order chi connectivity index (χ1) is 9.27. The fourth-order valence-corrected chi connectivity index (χ4v) is 2.11. The van der Waals surface area contributed by atoms with Crippen LogP contribution in [0.1, 0.15) is 91.4 Å². The van der Waals surface area contributed by atoms with Crippen molar-refractivity contribution < 1.29 is 0 Å². The molecule has 0 bridgehead atoms. The lowest BCUT2D eigenvalue weighted by Gasteiger charge is -1.98. The zero-order valence-corrected chi connectivity index (χ0v) is 13.7. The van der Waals surface area contributed by atoms with E-state index < -0.39 is 0 Å². The summed E-state index contributed by atoms with van der Waals surface area (Å²) in [4.78, 5) is 0. The summed E-state index contributed by atoms with van der Waals surface area (Å²) >= 11 is 0. The highest BCUT2D eigenvalue weighted by Crippen LogP contribution is 2.07. The monoisotopic (exact) mass is 264 g/mol. The van der Waals surface area contributed by atoms with Gasteiger partial charge in [0.2, 0.25) is 0 Å². The Bertz CT molecular complexity index is 210. The molecule has 0 unspecified atom stereocenters. The molecule has 0 aliphatic carbocycles. The first-order valence-corrected chi connectivity index (χ1v) is 8.57. The van der Waals surface area contributed by atoms with Gasteiger partial charge in [-0.2, -0.15) is 0 Å². The number of rotatable bonds is 13. The minimum atomic E-state index is 0.804. The van der Waals surface area contributed by atoms with Crippen molar-refractivity contribution in [1.29, 1.82) is 0 Å². The third-order valence-corrected chi connectivity index (χ3v) is 3.41. The molecule has 0 amide bonds. The summed E-state index contributed by atoms with van der Waals surface area (Å²) in [5, 5.41) is 0. The van der Waals surface area contributed by atoms with E-state index in [1.807, 2.05) is 0 Å². The van der Waals surface area contributed by atoms with E-state index in [0.29, 0.717) is 0 Å². The van der Waals surface area contributed by atoms with Gasteiger partial charge in [-0.05, 0) is 50.9 Å². The molecule has 0 radical (unpaired) electrons. The van der Waals surface area contributed by atoms with E-state index in [0.717, 1.165) is 5.92 Å². The maximum atomic E-state index is 2.39. The summed E-state index contributed by atoms with van der Waals surface area (Å²) in [7, 11) is 0. The van der Waals surface area contributed by atoms with Crippen LogP contribution in [0, 0.1) is 5.92 Å². The van der Waals surface area contributed by atoms with Crippen LogP contribution in [0.2, 0.25) is 0 Å². The highest BCUT2D eigenvalue weighted by molar-refractivity contribution is 4.83. The van der Waals surface area contributed by atoms with E-state index in [1.165, 1.54) is 70.6 Å². The zero-order valence-electron chi connectivity index (χ0n) is 13.7. The van der Waals surface area contributed by atoms with Crippen LogP contribution in [0.5, 0.6) is 0 Å². The Labute approximate surface area is 122 Å². The van der Waals surface area contributed by atoms with Crippen molar-refractivity contribution in [3.05, 3.63) is 24.3 Å². The molecule has 0 fully saturated rings. The molecule has 0 N–H and O–H groups in total. The normalized spacial score (nSPS) is 12.2. The summed E-state index contributed by atoms with van der Waals surface area (Å²) in [6, 6.07) is 0. The lowest BCUT2D eigenvalue weighted by atomic mass is 10.1. The average Bonchev–Trinajstić information content (AvgIpc) is 2.39. The summed E-state index contributed by atoms with van der Waals surface area (Å²) in [5.41, 5.74) is 0. The van der Waals surface area contributed by atoms with Gasteiger partial charge in [0.25, 0.3) is 0 Å². The molecule has 19 heavy (non-hydrogen) atoms. The van der Waals surface area contributed by atoms with Gasteiger partial charge >= 0.3 is 0 Å². The number of allylic oxidation sites excluding steroid dienone is 4. The van der Waals surface area contributed by atoms with Gasteiger partial charge in [0.1, 0.15) is 0 Å². The van der Waals surface area contributed by atoms with Gasteiger partial charge in [-0.1, -0.05) is 70.8 Å². The second-order valence-electron chi connectivity index (χ2n) is 6.06. The molecule has 0 nitrogen and oxygen atoms in total. The Hall–Kier alpha value is -0.520. The van der Waals surface area contributed by atoms with Crippen LogP contribution in [0.25, 0.3) is 0 Å². The first kappa shape index (κ1) is 18.5. The Morgan fingerprint density at radius 2 is 1.11 bits per heavy atom. The fourth-order valence-electron chi connectivity index (χ4n) is 2.11. The Morgan fingerprint density at radius 1 is 0.632 bits per heavy atom. The number of hydrogen-bond donors (Lipinski definition) is 0. The minimum absolute atomic E-state index is 0.804. The van der Waals surface area contributed by atoms with Gasteiger partial charge in [-0.3, -0.25) is 0 Å². The van der Waals surface area contributed by atoms with Crippen LogP contribution in [-0.2, 0) is 0 Å². The molecule has 0 heterocycles. The molecule has 0 atom stereocenters. The van der Waals surface area contributed by atoms with E-state index >= 15 is 0 Å². The van der Waals surface area contributed by atoms with Gasteiger partial charge in [0, 0.05) is 0 Å². The van der Waals surface area contributed by atoms with Gasteiger partial charge in [-0.25, -0.2) is 0 Å². The number of hydrogen-bond acceptors (Lipinski definition) is 0. The van der Waals surface area contributed by atoms with Crippen LogP contribution in [0.3, 0.4) is 0 Å². The van der Waals surface area contributed by atoms with Crippen molar-refractivity contribution in [3.8, 4) is 0 Å². The second kappa shape index (κ2) is 15.5. The van der Waals surface area contributed by atoms with Gasteiger partial charge in [0.15, 0.2) is 0 Å². The molecule has 0 aromatic heterocycles. The second-order valence-corrected chi connectivity index (χ2v) is 6.06. The summed E-state index contributed by atoms with van der Waals surface area (Å²) < 4.78 is 0. The zero-order chi connectivity index (χ0) is 14.2. The third-order valence-electron chi connectivity index (χ3n) is 3.41. The Kier molecular flexibility index (Phi) is 15.1. The molecule has 0 saturated heterocycles. The maximum absolute atomic E-state index is 2.39. The van der Waals surface area contributed by atoms with Crippen molar-refractivity contribution in [2.24, 2.45) is 5.92 Å². The molecule has 0 spiro atoms. The molecule has 112 valence electrons. The predicted octanol–water partition coefficient (Wildman–Crippen LogP) is 7.07. The van der Waals surface area contributed by atoms with Gasteiger partial charge in [0.05, 0.1) is 0 Å². The summed E-state index contributed by atoms with van der Waals surface area (Å²) in [5.74, 6) is 0.804. The van der Waals surface area contributed by atoms with E-state index in [4.69, 9.17) is 0 Å². The van der Waals surface area contributed by atoms with E-state index in [-0.39, 0.29) is 0 Å². The molecule has 0 aliphatic heterocycles. The Morgan fingerprint density at radius 3 is 1.58 bits per heavy atom. The summed E-state index contributed by atoms with van der Waals surface area (Å²) in [6.07, 6.45) is 24.2. The standard InChI is InChI=1S/C19H36/c1-4-5-6-7-8-9-10-11-12-13-14-15-16-17-18-19(2)3/h9-10,16-17,19H,4-8,11-15,18H2,1-3H3/b10-9+,17-16+. The topological polar surface area (TPSA) is 0 Å². The Balaban J connectivity index is 3.13. The van der Waals surface area contributed by atoms with Crippen molar-refractivity contribution in [2.75, 3.05) is 0 Å². The van der Waals surface area contributed by atoms with Crippen LogP contribution < -0.4 is 0 Å². The van der Waals surface area contributed by atoms with E-state index in [1.54, 1.807) is 0 Å². The molecule has 0 aromatic rings. The molecule has 0 rings (SSSR count). The maximum Gasteiger partial charge on any atom is -0.0327 e. The minimum Gasteiger partial charge on any atom is -0.0885 e. The lowest BCUT2D eigenvalue weighted by Crippen LogP contribution is -1.81. The molecule has 0 saturated carbocycles. The lowest BCUT2D eigenvalue weighted by molar-refractivity contribution is 0.657. The smallest absolute Gasteiger partial charge is 0.0327 e. The molecule has 0 heteroatoms. The van der Waals surface area contributed by atoms with Crippen molar-refractivity contribution >= 4 is 0 Å². The fraction of sp³-hybridized carbons (Fsp3) is 0.789. The van der Waals surface area contributed by atoms with Crippen LogP contribution >= 0.6 is 0 Å². The van der Waals surface area contributed by atoms with E-state index in [2.05, 4.69) is 45.1 Å². The largest absolute Gasteiger partial charge is 0.0885 e. The summed E-state index contributed by atoms with van der Waals surface area (Å²) in [6.45, 7) is 6.83. The highest BCUT2D eigenvalue weighted by Gasteiger charge is 1.89. The first-order valence-electron chi connectivity index (χ1n) is 8.57. The SMILES string of the molecule is CCCCCC/C=C/CCCCC/C=C/CC(C)C. The van der Waals surface area contributed by atoms with Crippen LogP contribution in [-0.4, -0.2) is 0 Å². The molecule has 0 aliphatic rings. The number of unbranched alkanes of at least 4 members (excludes halogenated alkanes) is 8. The van der Waals surface area contributed by atoms with Crippen molar-refractivity contribution in [2.45, 2.75) is 91.4 Å². The van der Waals surface area contributed by atoms with Gasteiger partial charge in [-0.15, -0.1) is 0 Å². The van der Waals surface area contributed by atoms with Crippen LogP contribution in [0.4, 0.5) is 0 Å². The predicted molar refractivity (Wildman–Crippen MR) is 89.6 cm³/mol. The van der Waals surface area contributed by atoms with Crippen molar-refractivity contribution in [1.82, 2.24) is 0 Å². The van der Waals surface area contributed by atoms with Crippen LogP contribution in [0.15, 0.2) is 24.3 Å². The van der Waals surface area contributed by atoms with Gasteiger partial charge < -0.3 is 0 Å². The average molecular weight is 264 g/mol. The molecule has 0 aromatic carbocycles. The molecular formula is C19H36. The van der Waals surface area contributed by atoms with E-state index in [9.17, 15) is 0 Å². The quantitative estimate of drug-likeness (QED) is 0.246.